The Kier molecular flexibility index (Phi) is 7.49. The van der Waals surface area contributed by atoms with Gasteiger partial charge in [-0.2, -0.15) is 13.8 Å². The van der Waals surface area contributed by atoms with Gasteiger partial charge in [0.25, 0.3) is 11.8 Å². The van der Waals surface area contributed by atoms with Crippen molar-refractivity contribution < 1.29 is 27.8 Å². The van der Waals surface area contributed by atoms with Crippen molar-refractivity contribution in [2.24, 2.45) is 0 Å². The number of halogens is 2. The predicted octanol–water partition coefficient (Wildman–Crippen LogP) is 4.40. The molecule has 3 fully saturated rings. The van der Waals surface area contributed by atoms with Gasteiger partial charge in [0.05, 0.1) is 39.4 Å². The van der Waals surface area contributed by atoms with Crippen LogP contribution in [0.15, 0.2) is 36.5 Å². The summed E-state index contributed by atoms with van der Waals surface area (Å²) in [5, 5.41) is 3.37. The number of piperidine rings is 1. The van der Waals surface area contributed by atoms with Crippen LogP contribution in [-0.4, -0.2) is 80.4 Å². The van der Waals surface area contributed by atoms with Crippen LogP contribution >= 0.6 is 0 Å². The monoisotopic (exact) mass is 606 g/mol. The minimum atomic E-state index is -1.05. The molecule has 0 bridgehead atoms. The number of carbonyl (C=O) groups excluding carboxylic acids is 1. The molecule has 4 aliphatic rings. The lowest BCUT2D eigenvalue weighted by molar-refractivity contribution is -0.121. The fraction of sp³-hybridized carbons (Fsp3) is 0.469. The number of aromatic nitrogens is 2. The quantitative estimate of drug-likeness (QED) is 0.420. The molecule has 0 radical (unpaired) electrons. The van der Waals surface area contributed by atoms with Gasteiger partial charge in [0.1, 0.15) is 11.5 Å². The highest BCUT2D eigenvalue weighted by Gasteiger charge is 2.57. The van der Waals surface area contributed by atoms with Gasteiger partial charge in [0, 0.05) is 49.8 Å². The molecule has 12 heteroatoms. The van der Waals surface area contributed by atoms with Crippen molar-refractivity contribution in [2.45, 2.75) is 43.7 Å². The number of hydrogen-bond acceptors (Lipinski definition) is 9. The van der Waals surface area contributed by atoms with E-state index in [1.165, 1.54) is 19.9 Å². The summed E-state index contributed by atoms with van der Waals surface area (Å²) in [6.45, 7) is 5.75. The molecular formula is C32H36F2N6O4. The molecule has 1 amide bonds. The smallest absolute Gasteiger partial charge is 0.255 e. The van der Waals surface area contributed by atoms with Crippen molar-refractivity contribution >= 4 is 28.8 Å². The molecule has 1 spiro atoms. The second-order valence-corrected chi connectivity index (χ2v) is 11.8. The van der Waals surface area contributed by atoms with Crippen LogP contribution in [0.1, 0.15) is 36.8 Å². The highest BCUT2D eigenvalue weighted by Crippen LogP contribution is 2.55. The first-order valence-electron chi connectivity index (χ1n) is 15.1. The number of morpholine rings is 1. The predicted molar refractivity (Wildman–Crippen MR) is 161 cm³/mol. The van der Waals surface area contributed by atoms with Gasteiger partial charge in [0.2, 0.25) is 17.5 Å². The molecule has 1 aliphatic carbocycles. The van der Waals surface area contributed by atoms with Gasteiger partial charge >= 0.3 is 0 Å². The number of nitrogens with zero attached hydrogens (tertiary/aromatic N) is 5. The summed E-state index contributed by atoms with van der Waals surface area (Å²) in [6, 6.07) is 10.9. The third-order valence-corrected chi connectivity index (χ3v) is 9.42. The lowest BCUT2D eigenvalue weighted by Gasteiger charge is -2.40. The van der Waals surface area contributed by atoms with Crippen LogP contribution < -0.4 is 24.6 Å². The Morgan fingerprint density at radius 2 is 1.64 bits per heavy atom. The second-order valence-electron chi connectivity index (χ2n) is 11.8. The van der Waals surface area contributed by atoms with Gasteiger partial charge in [-0.25, -0.2) is 4.98 Å². The second kappa shape index (κ2) is 11.5. The Hall–Kier alpha value is -4.03. The number of amides is 1. The van der Waals surface area contributed by atoms with E-state index in [0.717, 1.165) is 73.9 Å². The first-order valence-corrected chi connectivity index (χ1v) is 15.1. The first-order chi connectivity index (χ1) is 21.4. The van der Waals surface area contributed by atoms with E-state index in [2.05, 4.69) is 37.2 Å². The Morgan fingerprint density at radius 3 is 2.25 bits per heavy atom. The fourth-order valence-electron chi connectivity index (χ4n) is 6.86. The van der Waals surface area contributed by atoms with Crippen molar-refractivity contribution in [1.29, 1.82) is 0 Å². The highest BCUT2D eigenvalue weighted by atomic mass is 19.1. The summed E-state index contributed by atoms with van der Waals surface area (Å²) in [5.74, 6) is -2.73. The summed E-state index contributed by atoms with van der Waals surface area (Å²) in [6.07, 6.45) is 5.14. The normalized spacial score (nSPS) is 20.0. The molecule has 0 unspecified atom stereocenters. The lowest BCUT2D eigenvalue weighted by atomic mass is 9.86. The number of ether oxygens (including phenoxy) is 3. The van der Waals surface area contributed by atoms with E-state index < -0.39 is 34.5 Å². The van der Waals surface area contributed by atoms with Crippen molar-refractivity contribution in [3.8, 4) is 11.8 Å². The number of nitrogens with one attached hydrogen (secondary N) is 1. The van der Waals surface area contributed by atoms with E-state index in [1.807, 2.05) is 18.2 Å². The van der Waals surface area contributed by atoms with Crippen molar-refractivity contribution in [2.75, 3.05) is 68.7 Å². The third-order valence-electron chi connectivity index (χ3n) is 9.42. The Morgan fingerprint density at radius 1 is 0.977 bits per heavy atom. The number of fused-ring (bicyclic) bond motifs is 2. The maximum Gasteiger partial charge on any atom is 0.255 e. The van der Waals surface area contributed by atoms with Gasteiger partial charge in [-0.05, 0) is 67.1 Å². The Bertz CT molecular complexity index is 1530. The molecule has 232 valence electrons. The molecule has 1 saturated carbocycles. The summed E-state index contributed by atoms with van der Waals surface area (Å²) in [7, 11) is 2.45. The van der Waals surface area contributed by atoms with Crippen LogP contribution in [0.5, 0.6) is 11.8 Å². The van der Waals surface area contributed by atoms with Crippen LogP contribution in [0.2, 0.25) is 0 Å². The van der Waals surface area contributed by atoms with Gasteiger partial charge in [-0.15, -0.1) is 0 Å². The van der Waals surface area contributed by atoms with Crippen molar-refractivity contribution in [3.05, 3.63) is 59.3 Å². The molecule has 3 aromatic rings. The van der Waals surface area contributed by atoms with Gasteiger partial charge < -0.3 is 29.3 Å². The molecule has 5 heterocycles. The number of rotatable bonds is 7. The number of hydrogen-bond donors (Lipinski definition) is 1. The standard InChI is InChI=1S/C32H36F2N6O4/c1-42-29-26(33)28(27(34)30(37-29)43-2)40-19-20-18-35-25(17-24(20)32(9-10-32)31(40)41)36-21-3-5-22(6-4-21)38-11-7-23(8-12-38)39-13-15-44-16-14-39/h3-6,17-18,23H,7-16,19H2,1-2H3,(H,35,36). The zero-order valence-electron chi connectivity index (χ0n) is 24.9. The van der Waals surface area contributed by atoms with Gasteiger partial charge in [-0.3, -0.25) is 9.69 Å². The first kappa shape index (κ1) is 28.7. The highest BCUT2D eigenvalue weighted by molar-refractivity contribution is 6.05. The zero-order valence-corrected chi connectivity index (χ0v) is 24.9. The number of carbonyl (C=O) groups is 1. The molecule has 1 aromatic carbocycles. The van der Waals surface area contributed by atoms with Crippen molar-refractivity contribution in [3.63, 3.8) is 0 Å². The van der Waals surface area contributed by atoms with E-state index in [-0.39, 0.29) is 12.5 Å². The molecule has 10 nitrogen and oxygen atoms in total. The fourth-order valence-corrected chi connectivity index (χ4v) is 6.86. The Labute approximate surface area is 254 Å². The van der Waals surface area contributed by atoms with E-state index in [1.54, 1.807) is 6.20 Å². The summed E-state index contributed by atoms with van der Waals surface area (Å²) >= 11 is 0. The van der Waals surface area contributed by atoms with Crippen LogP contribution in [-0.2, 0) is 21.5 Å². The van der Waals surface area contributed by atoms with E-state index in [9.17, 15) is 4.79 Å². The number of benzene rings is 1. The van der Waals surface area contributed by atoms with Crippen LogP contribution in [0, 0.1) is 11.6 Å². The minimum absolute atomic E-state index is 0.0374. The van der Waals surface area contributed by atoms with Crippen LogP contribution in [0.4, 0.5) is 31.7 Å². The van der Waals surface area contributed by atoms with Crippen LogP contribution in [0.25, 0.3) is 0 Å². The van der Waals surface area contributed by atoms with Gasteiger partial charge in [-0.1, -0.05) is 0 Å². The summed E-state index contributed by atoms with van der Waals surface area (Å²) < 4.78 is 46.1. The summed E-state index contributed by atoms with van der Waals surface area (Å²) in [5.41, 5.74) is 2.27. The maximum absolute atomic E-state index is 15.3. The van der Waals surface area contributed by atoms with E-state index in [4.69, 9.17) is 14.2 Å². The summed E-state index contributed by atoms with van der Waals surface area (Å²) in [4.78, 5) is 28.2. The average molecular weight is 607 g/mol. The maximum atomic E-state index is 15.3. The van der Waals surface area contributed by atoms with Crippen LogP contribution in [0.3, 0.4) is 0 Å². The largest absolute Gasteiger partial charge is 0.479 e. The molecule has 1 N–H and O–H groups in total. The topological polar surface area (TPSA) is 92.3 Å². The number of methoxy groups -OCH3 is 2. The zero-order chi connectivity index (χ0) is 30.4. The SMILES string of the molecule is COc1nc(OC)c(F)c(N2Cc3cnc(Nc4ccc(N5CCC(N6CCOCC6)CC5)cc4)cc3C3(CC3)C2=O)c1F. The van der Waals surface area contributed by atoms with Gasteiger partial charge in [0.15, 0.2) is 0 Å². The molecule has 7 rings (SSSR count). The van der Waals surface area contributed by atoms with Crippen molar-refractivity contribution in [1.82, 2.24) is 14.9 Å². The molecule has 44 heavy (non-hydrogen) atoms. The lowest BCUT2D eigenvalue weighted by Crippen LogP contribution is -2.49. The molecule has 3 aliphatic heterocycles. The van der Waals surface area contributed by atoms with E-state index >= 15 is 8.78 Å². The average Bonchev–Trinajstić information content (AvgIpc) is 3.87. The number of pyridine rings is 2. The molecular weight excluding hydrogens is 570 g/mol. The number of anilines is 4. The third kappa shape index (κ3) is 4.99. The van der Waals surface area contributed by atoms with E-state index in [0.29, 0.717) is 24.7 Å². The minimum Gasteiger partial charge on any atom is -0.479 e. The molecule has 2 aromatic heterocycles. The Balaban J connectivity index is 1.06. The molecule has 0 atom stereocenters. The molecule has 2 saturated heterocycles.